The van der Waals surface area contributed by atoms with E-state index in [4.69, 9.17) is 5.73 Å². The average Bonchev–Trinajstić information content (AvgIpc) is 2.98. The molecule has 4 N–H and O–H groups in total. The van der Waals surface area contributed by atoms with Crippen LogP contribution in [0.4, 0.5) is 0 Å². The van der Waals surface area contributed by atoms with Crippen LogP contribution < -0.4 is 10.5 Å². The quantitative estimate of drug-likeness (QED) is 0.737. The van der Waals surface area contributed by atoms with E-state index in [1.807, 2.05) is 19.1 Å². The van der Waals surface area contributed by atoms with Crippen LogP contribution in [0.5, 0.6) is 0 Å². The first-order valence-corrected chi connectivity index (χ1v) is 7.84. The highest BCUT2D eigenvalue weighted by molar-refractivity contribution is 7.89. The van der Waals surface area contributed by atoms with E-state index < -0.39 is 10.0 Å². The smallest absolute Gasteiger partial charge is 0.241 e. The molecule has 0 bridgehead atoms. The number of aromatic amines is 1. The Morgan fingerprint density at radius 2 is 2.20 bits per heavy atom. The molecule has 108 valence electrons. The standard InChI is InChI=1S/C13H18N4O2S/c1-2-11-4-3-10(6-14)5-13(11)20(18,19)17-8-12-7-15-9-16-12/h3-5,7,9,17H,2,6,8,14H2,1H3,(H,15,16). The molecule has 0 aliphatic heterocycles. The molecule has 0 spiro atoms. The lowest BCUT2D eigenvalue weighted by molar-refractivity contribution is 0.579. The van der Waals surface area contributed by atoms with Crippen LogP contribution in [-0.4, -0.2) is 18.4 Å². The summed E-state index contributed by atoms with van der Waals surface area (Å²) in [7, 11) is -3.57. The first-order valence-electron chi connectivity index (χ1n) is 6.35. The lowest BCUT2D eigenvalue weighted by Gasteiger charge is -2.11. The normalized spacial score (nSPS) is 11.7. The van der Waals surface area contributed by atoms with Gasteiger partial charge in [-0.15, -0.1) is 0 Å². The predicted molar refractivity (Wildman–Crippen MR) is 76.3 cm³/mol. The van der Waals surface area contributed by atoms with Gasteiger partial charge in [0.25, 0.3) is 0 Å². The largest absolute Gasteiger partial charge is 0.347 e. The second-order valence-corrected chi connectivity index (χ2v) is 6.14. The van der Waals surface area contributed by atoms with Gasteiger partial charge in [0.2, 0.25) is 10.0 Å². The van der Waals surface area contributed by atoms with Gasteiger partial charge in [-0.2, -0.15) is 0 Å². The predicted octanol–water partition coefficient (Wildman–Crippen LogP) is 0.909. The van der Waals surface area contributed by atoms with Gasteiger partial charge in [-0.3, -0.25) is 0 Å². The van der Waals surface area contributed by atoms with Gasteiger partial charge >= 0.3 is 0 Å². The summed E-state index contributed by atoms with van der Waals surface area (Å²) in [6, 6.07) is 5.30. The Bertz CT molecular complexity index is 666. The highest BCUT2D eigenvalue weighted by atomic mass is 32.2. The third-order valence-corrected chi connectivity index (χ3v) is 4.53. The van der Waals surface area contributed by atoms with Crippen LogP contribution >= 0.6 is 0 Å². The third-order valence-electron chi connectivity index (χ3n) is 3.05. The molecule has 2 aromatic rings. The number of rotatable bonds is 6. The molecule has 0 fully saturated rings. The summed E-state index contributed by atoms with van der Waals surface area (Å²) in [6.45, 7) is 2.41. The van der Waals surface area contributed by atoms with Gasteiger partial charge in [0.05, 0.1) is 17.8 Å². The highest BCUT2D eigenvalue weighted by Crippen LogP contribution is 2.18. The Kier molecular flexibility index (Phi) is 4.53. The Balaban J connectivity index is 2.28. The monoisotopic (exact) mass is 294 g/mol. The van der Waals surface area contributed by atoms with Crippen molar-refractivity contribution in [1.82, 2.24) is 14.7 Å². The van der Waals surface area contributed by atoms with Crippen LogP contribution in [-0.2, 0) is 29.5 Å². The van der Waals surface area contributed by atoms with Crippen LogP contribution in [0.25, 0.3) is 0 Å². The maximum atomic E-state index is 12.4. The molecule has 0 saturated carbocycles. The highest BCUT2D eigenvalue weighted by Gasteiger charge is 2.18. The second kappa shape index (κ2) is 6.17. The molecule has 0 aliphatic carbocycles. The van der Waals surface area contributed by atoms with E-state index in [2.05, 4.69) is 14.7 Å². The number of nitrogens with zero attached hydrogens (tertiary/aromatic N) is 1. The van der Waals surface area contributed by atoms with E-state index >= 15 is 0 Å². The molecule has 6 nitrogen and oxygen atoms in total. The van der Waals surface area contributed by atoms with Crippen LogP contribution in [0.15, 0.2) is 35.6 Å². The van der Waals surface area contributed by atoms with Crippen LogP contribution in [0.2, 0.25) is 0 Å². The fourth-order valence-electron chi connectivity index (χ4n) is 1.90. The lowest BCUT2D eigenvalue weighted by Crippen LogP contribution is -2.24. The number of H-pyrrole nitrogens is 1. The zero-order valence-electron chi connectivity index (χ0n) is 11.3. The van der Waals surface area contributed by atoms with Gasteiger partial charge in [0, 0.05) is 18.4 Å². The number of sulfonamides is 1. The number of nitrogens with one attached hydrogen (secondary N) is 2. The molecule has 0 amide bonds. The average molecular weight is 294 g/mol. The first-order chi connectivity index (χ1) is 9.56. The molecular weight excluding hydrogens is 276 g/mol. The van der Waals surface area contributed by atoms with Crippen molar-refractivity contribution in [1.29, 1.82) is 0 Å². The van der Waals surface area contributed by atoms with Crippen molar-refractivity contribution in [2.75, 3.05) is 0 Å². The molecule has 0 radical (unpaired) electrons. The van der Waals surface area contributed by atoms with Crippen molar-refractivity contribution in [3.63, 3.8) is 0 Å². The number of hydrogen-bond acceptors (Lipinski definition) is 4. The molecular formula is C13H18N4O2S. The maximum Gasteiger partial charge on any atom is 0.241 e. The minimum atomic E-state index is -3.57. The summed E-state index contributed by atoms with van der Waals surface area (Å²) >= 11 is 0. The fourth-order valence-corrected chi connectivity index (χ4v) is 3.27. The van der Waals surface area contributed by atoms with Crippen LogP contribution in [0, 0.1) is 0 Å². The Morgan fingerprint density at radius 3 is 2.80 bits per heavy atom. The third kappa shape index (κ3) is 3.24. The van der Waals surface area contributed by atoms with Crippen molar-refractivity contribution in [3.8, 4) is 0 Å². The number of imidazole rings is 1. The van der Waals surface area contributed by atoms with Gasteiger partial charge in [-0.05, 0) is 23.6 Å². The van der Waals surface area contributed by atoms with E-state index in [1.54, 1.807) is 12.3 Å². The van der Waals surface area contributed by atoms with E-state index in [9.17, 15) is 8.42 Å². The van der Waals surface area contributed by atoms with Gasteiger partial charge in [-0.1, -0.05) is 19.1 Å². The topological polar surface area (TPSA) is 101 Å². The molecule has 0 aliphatic rings. The second-order valence-electron chi connectivity index (χ2n) is 4.40. The van der Waals surface area contributed by atoms with E-state index in [0.717, 1.165) is 11.1 Å². The maximum absolute atomic E-state index is 12.4. The van der Waals surface area contributed by atoms with Crippen molar-refractivity contribution in [3.05, 3.63) is 47.5 Å². The molecule has 2 rings (SSSR count). The summed E-state index contributed by atoms with van der Waals surface area (Å²) in [5.74, 6) is 0. The van der Waals surface area contributed by atoms with E-state index in [0.29, 0.717) is 23.6 Å². The summed E-state index contributed by atoms with van der Waals surface area (Å²) in [4.78, 5) is 7.00. The lowest BCUT2D eigenvalue weighted by atomic mass is 10.1. The zero-order valence-corrected chi connectivity index (χ0v) is 12.1. The minimum absolute atomic E-state index is 0.179. The molecule has 0 atom stereocenters. The summed E-state index contributed by atoms with van der Waals surface area (Å²) in [6.07, 6.45) is 3.74. The van der Waals surface area contributed by atoms with E-state index in [1.165, 1.54) is 6.33 Å². The number of benzene rings is 1. The van der Waals surface area contributed by atoms with Crippen molar-refractivity contribution in [2.45, 2.75) is 31.3 Å². The summed E-state index contributed by atoms with van der Waals surface area (Å²) in [5.41, 5.74) is 7.86. The van der Waals surface area contributed by atoms with Gasteiger partial charge in [-0.25, -0.2) is 18.1 Å². The number of hydrogen-bond donors (Lipinski definition) is 3. The molecule has 20 heavy (non-hydrogen) atoms. The molecule has 1 aromatic carbocycles. The fraction of sp³-hybridized carbons (Fsp3) is 0.308. The Morgan fingerprint density at radius 1 is 1.40 bits per heavy atom. The Hall–Kier alpha value is -1.70. The van der Waals surface area contributed by atoms with Crippen molar-refractivity contribution >= 4 is 10.0 Å². The zero-order chi connectivity index (χ0) is 14.6. The molecule has 7 heteroatoms. The number of nitrogens with two attached hydrogens (primary N) is 1. The number of aryl methyl sites for hydroxylation is 1. The Labute approximate surface area is 118 Å². The molecule has 0 unspecified atom stereocenters. The van der Waals surface area contributed by atoms with Crippen molar-refractivity contribution in [2.24, 2.45) is 5.73 Å². The number of aromatic nitrogens is 2. The van der Waals surface area contributed by atoms with Crippen LogP contribution in [0.3, 0.4) is 0 Å². The van der Waals surface area contributed by atoms with E-state index in [-0.39, 0.29) is 6.54 Å². The SMILES string of the molecule is CCc1ccc(CN)cc1S(=O)(=O)NCc1cnc[nH]1. The summed E-state index contributed by atoms with van der Waals surface area (Å²) < 4.78 is 27.3. The van der Waals surface area contributed by atoms with Crippen LogP contribution in [0.1, 0.15) is 23.7 Å². The van der Waals surface area contributed by atoms with Gasteiger partial charge in [0.1, 0.15) is 0 Å². The molecule has 1 heterocycles. The summed E-state index contributed by atoms with van der Waals surface area (Å²) in [5, 5.41) is 0. The first kappa shape index (κ1) is 14.7. The van der Waals surface area contributed by atoms with Crippen molar-refractivity contribution < 1.29 is 8.42 Å². The van der Waals surface area contributed by atoms with Gasteiger partial charge in [0.15, 0.2) is 0 Å². The molecule has 0 saturated heterocycles. The molecule has 1 aromatic heterocycles. The van der Waals surface area contributed by atoms with Gasteiger partial charge < -0.3 is 10.7 Å². The minimum Gasteiger partial charge on any atom is -0.347 e.